The first-order valence-corrected chi connectivity index (χ1v) is 8.62. The Hall–Kier alpha value is -2.40. The molecule has 4 nitrogen and oxygen atoms in total. The molecule has 23 heavy (non-hydrogen) atoms. The van der Waals surface area contributed by atoms with Crippen LogP contribution >= 0.6 is 11.3 Å². The van der Waals surface area contributed by atoms with Crippen LogP contribution in [0.1, 0.15) is 13.3 Å². The molecular formula is C18H17N3OS. The van der Waals surface area contributed by atoms with Gasteiger partial charge in [0.25, 0.3) is 0 Å². The second-order valence-electron chi connectivity index (χ2n) is 5.51. The molecule has 2 aromatic heterocycles. The van der Waals surface area contributed by atoms with Crippen molar-refractivity contribution in [2.45, 2.75) is 19.4 Å². The fourth-order valence-electron chi connectivity index (χ4n) is 2.64. The van der Waals surface area contributed by atoms with Crippen LogP contribution in [0.3, 0.4) is 0 Å². The summed E-state index contributed by atoms with van der Waals surface area (Å²) in [5.74, 6) is 0.928. The molecule has 0 radical (unpaired) electrons. The highest BCUT2D eigenvalue weighted by molar-refractivity contribution is 7.13. The lowest BCUT2D eigenvalue weighted by Gasteiger charge is -2.26. The molecule has 0 bridgehead atoms. The van der Waals surface area contributed by atoms with Crippen molar-refractivity contribution >= 4 is 17.0 Å². The molecule has 5 heteroatoms. The maximum Gasteiger partial charge on any atom is 0.142 e. The van der Waals surface area contributed by atoms with Gasteiger partial charge in [0, 0.05) is 28.9 Å². The first-order chi connectivity index (χ1) is 11.3. The lowest BCUT2D eigenvalue weighted by Crippen LogP contribution is -2.29. The Morgan fingerprint density at radius 3 is 2.91 bits per heavy atom. The van der Waals surface area contributed by atoms with Crippen LogP contribution in [0.4, 0.5) is 5.69 Å². The molecule has 1 N–H and O–H groups in total. The fraction of sp³-hybridized carbons (Fsp3) is 0.222. The first kappa shape index (κ1) is 14.2. The predicted molar refractivity (Wildman–Crippen MR) is 94.0 cm³/mol. The average Bonchev–Trinajstić information content (AvgIpc) is 3.11. The zero-order valence-electron chi connectivity index (χ0n) is 12.8. The number of benzene rings is 1. The van der Waals surface area contributed by atoms with Crippen LogP contribution < -0.4 is 10.1 Å². The highest BCUT2D eigenvalue weighted by atomic mass is 32.1. The summed E-state index contributed by atoms with van der Waals surface area (Å²) in [6.07, 6.45) is 4.85. The zero-order valence-corrected chi connectivity index (χ0v) is 13.6. The number of rotatable bonds is 3. The van der Waals surface area contributed by atoms with E-state index in [1.165, 1.54) is 0 Å². The Balaban J connectivity index is 1.63. The van der Waals surface area contributed by atoms with Crippen LogP contribution in [0.2, 0.25) is 0 Å². The fourth-order valence-corrected chi connectivity index (χ4v) is 3.46. The molecule has 1 unspecified atom stereocenters. The molecule has 0 saturated heterocycles. The molecule has 0 amide bonds. The number of hydrogen-bond acceptors (Lipinski definition) is 5. The predicted octanol–water partition coefficient (Wildman–Crippen LogP) is 4.46. The first-order valence-electron chi connectivity index (χ1n) is 7.74. The minimum atomic E-state index is 0.256. The van der Waals surface area contributed by atoms with Gasteiger partial charge >= 0.3 is 0 Å². The summed E-state index contributed by atoms with van der Waals surface area (Å²) in [6, 6.07) is 10.2. The van der Waals surface area contributed by atoms with Gasteiger partial charge in [-0.15, -0.1) is 11.3 Å². The second-order valence-corrected chi connectivity index (χ2v) is 6.37. The summed E-state index contributed by atoms with van der Waals surface area (Å²) < 4.78 is 5.96. The van der Waals surface area contributed by atoms with Crippen LogP contribution in [0, 0.1) is 0 Å². The van der Waals surface area contributed by atoms with Gasteiger partial charge in [0.1, 0.15) is 16.9 Å². The molecule has 0 fully saturated rings. The maximum absolute atomic E-state index is 5.96. The van der Waals surface area contributed by atoms with Crippen molar-refractivity contribution in [3.05, 3.63) is 48.1 Å². The normalized spacial score (nSPS) is 16.3. The van der Waals surface area contributed by atoms with E-state index in [9.17, 15) is 0 Å². The molecule has 1 atom stereocenters. The Bertz CT molecular complexity index is 816. The molecule has 3 heterocycles. The van der Waals surface area contributed by atoms with Gasteiger partial charge in [-0.05, 0) is 36.8 Å². The lowest BCUT2D eigenvalue weighted by atomic mass is 10.1. The summed E-state index contributed by atoms with van der Waals surface area (Å²) in [5.41, 5.74) is 4.24. The van der Waals surface area contributed by atoms with Crippen LogP contribution in [0.15, 0.2) is 48.1 Å². The molecule has 0 saturated carbocycles. The molecule has 0 spiro atoms. The van der Waals surface area contributed by atoms with Gasteiger partial charge in [0.05, 0.1) is 17.9 Å². The topological polar surface area (TPSA) is 47.0 Å². The van der Waals surface area contributed by atoms with Crippen LogP contribution in [0.5, 0.6) is 5.75 Å². The van der Waals surface area contributed by atoms with Gasteiger partial charge in [0.2, 0.25) is 0 Å². The summed E-state index contributed by atoms with van der Waals surface area (Å²) in [4.78, 5) is 8.80. The van der Waals surface area contributed by atoms with Gasteiger partial charge in [-0.2, -0.15) is 0 Å². The summed E-state index contributed by atoms with van der Waals surface area (Å²) >= 11 is 1.65. The Morgan fingerprint density at radius 2 is 2.09 bits per heavy atom. The highest BCUT2D eigenvalue weighted by Gasteiger charge is 2.18. The molecule has 1 aliphatic heterocycles. The van der Waals surface area contributed by atoms with E-state index >= 15 is 0 Å². The number of aromatic nitrogens is 2. The van der Waals surface area contributed by atoms with Crippen molar-refractivity contribution in [3.63, 3.8) is 0 Å². The quantitative estimate of drug-likeness (QED) is 0.773. The van der Waals surface area contributed by atoms with E-state index < -0.39 is 0 Å². The average molecular weight is 323 g/mol. The van der Waals surface area contributed by atoms with Crippen molar-refractivity contribution < 1.29 is 4.74 Å². The highest BCUT2D eigenvalue weighted by Crippen LogP contribution is 2.36. The number of pyridine rings is 1. The van der Waals surface area contributed by atoms with Crippen LogP contribution in [-0.2, 0) is 0 Å². The van der Waals surface area contributed by atoms with E-state index in [4.69, 9.17) is 9.72 Å². The Kier molecular flexibility index (Phi) is 3.71. The number of anilines is 1. The number of fused-ring (bicyclic) bond motifs is 1. The number of hydrogen-bond donors (Lipinski definition) is 1. The van der Waals surface area contributed by atoms with Crippen molar-refractivity contribution in [2.75, 3.05) is 11.9 Å². The lowest BCUT2D eigenvalue weighted by molar-refractivity contribution is 0.202. The minimum absolute atomic E-state index is 0.256. The Morgan fingerprint density at radius 1 is 1.22 bits per heavy atom. The third-order valence-electron chi connectivity index (χ3n) is 3.98. The number of ether oxygens (including phenoxy) is 1. The molecule has 3 aromatic rings. The van der Waals surface area contributed by atoms with E-state index in [0.717, 1.165) is 46.2 Å². The molecular weight excluding hydrogens is 306 g/mol. The van der Waals surface area contributed by atoms with E-state index in [1.54, 1.807) is 23.7 Å². The summed E-state index contributed by atoms with van der Waals surface area (Å²) in [6.45, 7) is 3.00. The molecule has 1 aliphatic rings. The van der Waals surface area contributed by atoms with E-state index in [1.807, 2.05) is 18.2 Å². The third-order valence-corrected chi connectivity index (χ3v) is 4.87. The Labute approximate surface area is 139 Å². The van der Waals surface area contributed by atoms with Crippen molar-refractivity contribution in [1.29, 1.82) is 0 Å². The third kappa shape index (κ3) is 2.80. The van der Waals surface area contributed by atoms with E-state index in [-0.39, 0.29) is 6.10 Å². The maximum atomic E-state index is 5.96. The molecule has 1 aromatic carbocycles. The molecule has 4 rings (SSSR count). The summed E-state index contributed by atoms with van der Waals surface area (Å²) in [7, 11) is 0. The second kappa shape index (κ2) is 6.01. The SMILES string of the molecule is CCC1CNc2cc(-c3nc(-c4ccncc4)cs3)ccc2O1. The van der Waals surface area contributed by atoms with E-state index in [2.05, 4.69) is 34.7 Å². The van der Waals surface area contributed by atoms with Crippen molar-refractivity contribution in [2.24, 2.45) is 0 Å². The van der Waals surface area contributed by atoms with Crippen LogP contribution in [0.25, 0.3) is 21.8 Å². The smallest absolute Gasteiger partial charge is 0.142 e. The van der Waals surface area contributed by atoms with Gasteiger partial charge < -0.3 is 10.1 Å². The standard InChI is InChI=1S/C18H17N3OS/c1-2-14-10-20-15-9-13(3-4-17(15)22-14)18-21-16(11-23-18)12-5-7-19-8-6-12/h3-9,11,14,20H,2,10H2,1H3. The number of thiazole rings is 1. The van der Waals surface area contributed by atoms with E-state index in [0.29, 0.717) is 0 Å². The van der Waals surface area contributed by atoms with Crippen LogP contribution in [-0.4, -0.2) is 22.6 Å². The largest absolute Gasteiger partial charge is 0.486 e. The van der Waals surface area contributed by atoms with Gasteiger partial charge in [-0.25, -0.2) is 4.98 Å². The van der Waals surface area contributed by atoms with Crippen molar-refractivity contribution in [3.8, 4) is 27.6 Å². The van der Waals surface area contributed by atoms with Gasteiger partial charge in [-0.3, -0.25) is 4.98 Å². The van der Waals surface area contributed by atoms with Gasteiger partial charge in [0.15, 0.2) is 0 Å². The number of nitrogens with zero attached hydrogens (tertiary/aromatic N) is 2. The zero-order chi connectivity index (χ0) is 15.6. The monoisotopic (exact) mass is 323 g/mol. The summed E-state index contributed by atoms with van der Waals surface area (Å²) in [5, 5.41) is 6.55. The molecule has 116 valence electrons. The minimum Gasteiger partial charge on any atom is -0.486 e. The van der Waals surface area contributed by atoms with Crippen molar-refractivity contribution in [1.82, 2.24) is 9.97 Å². The molecule has 0 aliphatic carbocycles. The van der Waals surface area contributed by atoms with Gasteiger partial charge in [-0.1, -0.05) is 6.92 Å². The number of nitrogens with one attached hydrogen (secondary N) is 1.